The Kier molecular flexibility index (Phi) is 5.83. The maximum Gasteiger partial charge on any atom is 0.501 e. The van der Waals surface area contributed by atoms with Crippen molar-refractivity contribution in [2.24, 2.45) is 0 Å². The molecule has 2 heterocycles. The van der Waals surface area contributed by atoms with Gasteiger partial charge in [0.2, 0.25) is 0 Å². The minimum Gasteiger partial charge on any atom is -0.308 e. The fraction of sp³-hybridized carbons (Fsp3) is 0.350. The molecule has 0 aliphatic carbocycles. The molecule has 11 heteroatoms. The molecule has 0 saturated carbocycles. The summed E-state index contributed by atoms with van der Waals surface area (Å²) in [5.74, 6) is -0.414. The Labute approximate surface area is 177 Å². The van der Waals surface area contributed by atoms with Crippen molar-refractivity contribution in [1.82, 2.24) is 9.88 Å². The summed E-state index contributed by atoms with van der Waals surface area (Å²) in [6, 6.07) is 3.79. The first-order valence-corrected chi connectivity index (χ1v) is 10.8. The van der Waals surface area contributed by atoms with Crippen LogP contribution in [0, 0.1) is 0 Å². The van der Waals surface area contributed by atoms with Crippen molar-refractivity contribution in [2.45, 2.75) is 49.7 Å². The summed E-state index contributed by atoms with van der Waals surface area (Å²) >= 11 is 0. The zero-order valence-electron chi connectivity index (χ0n) is 16.9. The Bertz CT molecular complexity index is 1120. The van der Waals surface area contributed by atoms with E-state index in [1.54, 1.807) is 25.4 Å². The zero-order valence-corrected chi connectivity index (χ0v) is 17.7. The highest BCUT2D eigenvalue weighted by atomic mass is 32.2. The lowest BCUT2D eigenvalue weighted by molar-refractivity contribution is -0.119. The fourth-order valence-electron chi connectivity index (χ4n) is 3.34. The minimum absolute atomic E-state index is 0.00992. The number of rotatable bonds is 5. The summed E-state index contributed by atoms with van der Waals surface area (Å²) in [6.45, 7) is 5.66. The number of nitrogens with zero attached hydrogens (tertiary/aromatic N) is 3. The number of urea groups is 1. The maximum atomic E-state index is 13.0. The molecule has 1 unspecified atom stereocenters. The number of carbonyl (C=O) groups excluding carboxylic acids is 2. The number of halogens is 3. The molecule has 166 valence electrons. The van der Waals surface area contributed by atoms with E-state index in [2.05, 4.69) is 4.98 Å². The quantitative estimate of drug-likeness (QED) is 0.639. The number of aromatic nitrogens is 1. The number of benzene rings is 1. The lowest BCUT2D eigenvalue weighted by Crippen LogP contribution is -2.33. The summed E-state index contributed by atoms with van der Waals surface area (Å²) < 4.78 is 61.2. The number of pyridine rings is 1. The third-order valence-corrected chi connectivity index (χ3v) is 6.60. The van der Waals surface area contributed by atoms with Gasteiger partial charge in [-0.15, -0.1) is 0 Å². The van der Waals surface area contributed by atoms with Crippen LogP contribution in [0.4, 0.5) is 23.7 Å². The van der Waals surface area contributed by atoms with E-state index in [1.165, 1.54) is 4.90 Å². The highest BCUT2D eigenvalue weighted by Gasteiger charge is 2.47. The van der Waals surface area contributed by atoms with Crippen molar-refractivity contribution < 1.29 is 31.2 Å². The number of alkyl halides is 3. The zero-order chi connectivity index (χ0) is 23.1. The van der Waals surface area contributed by atoms with Gasteiger partial charge in [-0.05, 0) is 54.3 Å². The van der Waals surface area contributed by atoms with Crippen molar-refractivity contribution in [2.75, 3.05) is 4.90 Å². The Balaban J connectivity index is 1.90. The van der Waals surface area contributed by atoms with Crippen LogP contribution < -0.4 is 4.90 Å². The largest absolute Gasteiger partial charge is 0.501 e. The predicted molar refractivity (Wildman–Crippen MR) is 106 cm³/mol. The first-order chi connectivity index (χ1) is 14.4. The molecule has 0 spiro atoms. The van der Waals surface area contributed by atoms with Crippen molar-refractivity contribution in [3.8, 4) is 0 Å². The third kappa shape index (κ3) is 4.01. The highest BCUT2D eigenvalue weighted by Crippen LogP contribution is 2.33. The number of sulfone groups is 1. The lowest BCUT2D eigenvalue weighted by Gasteiger charge is -2.22. The van der Waals surface area contributed by atoms with E-state index in [0.717, 1.165) is 40.3 Å². The molecule has 2 aromatic rings. The van der Waals surface area contributed by atoms with Gasteiger partial charge in [0.1, 0.15) is 6.04 Å². The predicted octanol–water partition coefficient (Wildman–Crippen LogP) is 3.86. The van der Waals surface area contributed by atoms with Crippen molar-refractivity contribution in [3.05, 3.63) is 53.9 Å². The summed E-state index contributed by atoms with van der Waals surface area (Å²) in [7, 11) is -5.52. The van der Waals surface area contributed by atoms with Crippen LogP contribution in [-0.2, 0) is 21.2 Å². The molecular weight excluding hydrogens is 435 g/mol. The molecule has 1 aromatic heterocycles. The van der Waals surface area contributed by atoms with Gasteiger partial charge in [0.15, 0.2) is 0 Å². The molecule has 3 amide bonds. The number of amides is 3. The molecule has 1 aliphatic rings. The number of hydrogen-bond acceptors (Lipinski definition) is 5. The molecule has 0 bridgehead atoms. The second kappa shape index (κ2) is 7.95. The van der Waals surface area contributed by atoms with E-state index in [0.29, 0.717) is 0 Å². The molecule has 1 fully saturated rings. The van der Waals surface area contributed by atoms with Gasteiger partial charge in [0.25, 0.3) is 15.7 Å². The lowest BCUT2D eigenvalue weighted by atomic mass is 9.99. The maximum absolute atomic E-state index is 13.0. The van der Waals surface area contributed by atoms with E-state index in [9.17, 15) is 31.2 Å². The SMILES string of the molecule is CC(C)c1cnccc1CN1C(=O)N(c2ccc(S(=O)(=O)C(F)(F)F)cc2)C(=O)C1C. The summed E-state index contributed by atoms with van der Waals surface area (Å²) in [5.41, 5.74) is -3.71. The molecule has 3 rings (SSSR count). The Morgan fingerprint density at radius 2 is 1.71 bits per heavy atom. The molecular formula is C20H20F3N3O4S. The van der Waals surface area contributed by atoms with Gasteiger partial charge in [-0.25, -0.2) is 18.1 Å². The van der Waals surface area contributed by atoms with E-state index in [1.807, 2.05) is 13.8 Å². The molecule has 31 heavy (non-hydrogen) atoms. The average Bonchev–Trinajstić information content (AvgIpc) is 2.91. The molecule has 7 nitrogen and oxygen atoms in total. The molecule has 1 atom stereocenters. The molecule has 0 N–H and O–H groups in total. The molecule has 1 aromatic carbocycles. The van der Waals surface area contributed by atoms with Gasteiger partial charge in [-0.3, -0.25) is 9.78 Å². The van der Waals surface area contributed by atoms with Crippen LogP contribution >= 0.6 is 0 Å². The van der Waals surface area contributed by atoms with Crippen LogP contribution in [-0.4, -0.2) is 41.8 Å². The highest BCUT2D eigenvalue weighted by molar-refractivity contribution is 7.92. The Morgan fingerprint density at radius 1 is 1.10 bits per heavy atom. The van der Waals surface area contributed by atoms with E-state index in [4.69, 9.17) is 0 Å². The third-order valence-electron chi connectivity index (χ3n) is 5.10. The molecule has 1 aliphatic heterocycles. The number of anilines is 1. The number of carbonyl (C=O) groups is 2. The van der Waals surface area contributed by atoms with Crippen molar-refractivity contribution in [1.29, 1.82) is 0 Å². The standard InChI is InChI=1S/C20H20F3N3O4S/c1-12(2)17-10-24-9-8-14(17)11-25-13(3)18(27)26(19(25)28)15-4-6-16(7-5-15)31(29,30)20(21,22)23/h4-10,12-13H,11H2,1-3H3. The summed E-state index contributed by atoms with van der Waals surface area (Å²) in [4.78, 5) is 31.0. The second-order valence-electron chi connectivity index (χ2n) is 7.43. The van der Waals surface area contributed by atoms with Crippen molar-refractivity contribution in [3.63, 3.8) is 0 Å². The van der Waals surface area contributed by atoms with Gasteiger partial charge in [0, 0.05) is 18.9 Å². The van der Waals surface area contributed by atoms with E-state index >= 15 is 0 Å². The van der Waals surface area contributed by atoms with Crippen LogP contribution in [0.3, 0.4) is 0 Å². The average molecular weight is 455 g/mol. The first-order valence-electron chi connectivity index (χ1n) is 9.35. The normalized spacial score (nSPS) is 17.7. The Morgan fingerprint density at radius 3 is 2.26 bits per heavy atom. The fourth-order valence-corrected chi connectivity index (χ4v) is 4.10. The first kappa shape index (κ1) is 22.7. The number of imide groups is 1. The van der Waals surface area contributed by atoms with Crippen LogP contribution in [0.25, 0.3) is 0 Å². The van der Waals surface area contributed by atoms with Crippen LogP contribution in [0.2, 0.25) is 0 Å². The van der Waals surface area contributed by atoms with E-state index in [-0.39, 0.29) is 18.2 Å². The monoisotopic (exact) mass is 455 g/mol. The van der Waals surface area contributed by atoms with Gasteiger partial charge in [0.05, 0.1) is 10.6 Å². The Hall–Kier alpha value is -2.95. The van der Waals surface area contributed by atoms with Gasteiger partial charge >= 0.3 is 11.5 Å². The van der Waals surface area contributed by atoms with Gasteiger partial charge in [-0.2, -0.15) is 13.2 Å². The molecule has 0 radical (unpaired) electrons. The number of hydrogen-bond donors (Lipinski definition) is 0. The van der Waals surface area contributed by atoms with Gasteiger partial charge in [-0.1, -0.05) is 13.8 Å². The van der Waals surface area contributed by atoms with Crippen LogP contribution in [0.15, 0.2) is 47.6 Å². The van der Waals surface area contributed by atoms with Crippen molar-refractivity contribution >= 4 is 27.5 Å². The second-order valence-corrected chi connectivity index (χ2v) is 9.37. The minimum atomic E-state index is -5.52. The summed E-state index contributed by atoms with van der Waals surface area (Å²) in [5, 5.41) is 0. The van der Waals surface area contributed by atoms with Gasteiger partial charge < -0.3 is 4.90 Å². The smallest absolute Gasteiger partial charge is 0.308 e. The molecule has 1 saturated heterocycles. The van der Waals surface area contributed by atoms with Crippen LogP contribution in [0.1, 0.15) is 37.8 Å². The topological polar surface area (TPSA) is 87.7 Å². The summed E-state index contributed by atoms with van der Waals surface area (Å²) in [6.07, 6.45) is 3.29. The van der Waals surface area contributed by atoms with Crippen LogP contribution in [0.5, 0.6) is 0 Å². The van der Waals surface area contributed by atoms with E-state index < -0.39 is 38.2 Å².